The van der Waals surface area contributed by atoms with E-state index < -0.39 is 6.03 Å². The third kappa shape index (κ3) is 5.03. The highest BCUT2D eigenvalue weighted by Gasteiger charge is 2.05. The normalized spacial score (nSPS) is 10.5. The third-order valence-corrected chi connectivity index (χ3v) is 3.09. The number of carbonyl (C=O) groups excluding carboxylic acids is 1. The summed E-state index contributed by atoms with van der Waals surface area (Å²) in [4.78, 5) is 10.6. The zero-order chi connectivity index (χ0) is 16.7. The highest BCUT2D eigenvalue weighted by atomic mass is 16.5. The van der Waals surface area contributed by atoms with Crippen molar-refractivity contribution in [3.05, 3.63) is 59.2 Å². The zero-order valence-corrected chi connectivity index (χ0v) is 13.1. The lowest BCUT2D eigenvalue weighted by atomic mass is 10.2. The number of hydrazone groups is 1. The van der Waals surface area contributed by atoms with Crippen molar-refractivity contribution in [3.8, 4) is 11.5 Å². The van der Waals surface area contributed by atoms with Gasteiger partial charge in [-0.1, -0.05) is 29.8 Å². The lowest BCUT2D eigenvalue weighted by Gasteiger charge is -2.11. The number of hydrogen-bond donors (Lipinski definition) is 2. The lowest BCUT2D eigenvalue weighted by Crippen LogP contribution is -2.24. The summed E-state index contributed by atoms with van der Waals surface area (Å²) in [5, 5.41) is 3.70. The summed E-state index contributed by atoms with van der Waals surface area (Å²) in [6.07, 6.45) is 1.47. The molecule has 0 saturated carbocycles. The first-order valence-electron chi connectivity index (χ1n) is 7.03. The van der Waals surface area contributed by atoms with Crippen LogP contribution >= 0.6 is 0 Å². The minimum absolute atomic E-state index is 0.452. The van der Waals surface area contributed by atoms with Gasteiger partial charge in [0.25, 0.3) is 0 Å². The number of nitrogens with zero attached hydrogens (tertiary/aromatic N) is 1. The molecule has 120 valence electrons. The minimum Gasteiger partial charge on any atom is -0.493 e. The van der Waals surface area contributed by atoms with Crippen LogP contribution in [0.25, 0.3) is 0 Å². The Balaban J connectivity index is 2.05. The van der Waals surface area contributed by atoms with E-state index in [2.05, 4.69) is 10.5 Å². The number of primary amides is 1. The molecule has 2 amide bonds. The Morgan fingerprint density at radius 1 is 1.22 bits per heavy atom. The Labute approximate surface area is 134 Å². The average Bonchev–Trinajstić information content (AvgIpc) is 2.54. The molecule has 6 nitrogen and oxygen atoms in total. The number of benzene rings is 2. The van der Waals surface area contributed by atoms with E-state index in [0.29, 0.717) is 18.1 Å². The third-order valence-electron chi connectivity index (χ3n) is 3.09. The number of rotatable bonds is 6. The molecule has 0 heterocycles. The van der Waals surface area contributed by atoms with Crippen LogP contribution < -0.4 is 20.6 Å². The van der Waals surface area contributed by atoms with Gasteiger partial charge in [0.2, 0.25) is 0 Å². The molecule has 0 aliphatic rings. The van der Waals surface area contributed by atoms with E-state index in [0.717, 1.165) is 11.1 Å². The number of urea groups is 1. The smallest absolute Gasteiger partial charge is 0.332 e. The predicted octanol–water partition coefficient (Wildman–Crippen LogP) is 2.58. The van der Waals surface area contributed by atoms with Crippen LogP contribution in [0.4, 0.5) is 4.79 Å². The van der Waals surface area contributed by atoms with E-state index in [1.165, 1.54) is 11.8 Å². The largest absolute Gasteiger partial charge is 0.493 e. The van der Waals surface area contributed by atoms with Crippen molar-refractivity contribution < 1.29 is 14.3 Å². The number of nitrogens with one attached hydrogen (secondary N) is 1. The lowest BCUT2D eigenvalue weighted by molar-refractivity contribution is 0.249. The highest BCUT2D eigenvalue weighted by molar-refractivity contribution is 5.82. The molecule has 6 heteroatoms. The first-order chi connectivity index (χ1) is 11.1. The molecule has 0 spiro atoms. The van der Waals surface area contributed by atoms with E-state index in [1.807, 2.05) is 31.2 Å². The number of aryl methyl sites for hydroxylation is 1. The van der Waals surface area contributed by atoms with Crippen LogP contribution in [0.2, 0.25) is 0 Å². The first kappa shape index (κ1) is 16.4. The van der Waals surface area contributed by atoms with Crippen LogP contribution in [-0.4, -0.2) is 19.4 Å². The van der Waals surface area contributed by atoms with Crippen molar-refractivity contribution in [2.24, 2.45) is 10.8 Å². The van der Waals surface area contributed by atoms with Crippen LogP contribution in [0, 0.1) is 6.92 Å². The Hall–Kier alpha value is -3.02. The summed E-state index contributed by atoms with van der Waals surface area (Å²) in [5.74, 6) is 1.22. The number of ether oxygens (including phenoxy) is 2. The van der Waals surface area contributed by atoms with E-state index in [1.54, 1.807) is 25.3 Å². The van der Waals surface area contributed by atoms with Gasteiger partial charge in [0, 0.05) is 0 Å². The van der Waals surface area contributed by atoms with Gasteiger partial charge in [-0.25, -0.2) is 10.2 Å². The summed E-state index contributed by atoms with van der Waals surface area (Å²) in [6.45, 7) is 2.49. The molecule has 2 rings (SSSR count). The van der Waals surface area contributed by atoms with Gasteiger partial charge >= 0.3 is 6.03 Å². The summed E-state index contributed by atoms with van der Waals surface area (Å²) in [7, 11) is 1.57. The van der Waals surface area contributed by atoms with Crippen LogP contribution in [0.5, 0.6) is 11.5 Å². The molecule has 0 radical (unpaired) electrons. The zero-order valence-electron chi connectivity index (χ0n) is 13.1. The summed E-state index contributed by atoms with van der Waals surface area (Å²) >= 11 is 0. The Morgan fingerprint density at radius 3 is 2.61 bits per heavy atom. The Kier molecular flexibility index (Phi) is 5.57. The number of hydrogen-bond acceptors (Lipinski definition) is 4. The predicted molar refractivity (Wildman–Crippen MR) is 88.8 cm³/mol. The molecule has 2 aromatic carbocycles. The van der Waals surface area contributed by atoms with Gasteiger partial charge in [-0.15, -0.1) is 0 Å². The molecular formula is C17H19N3O3. The molecule has 0 saturated heterocycles. The number of nitrogens with two attached hydrogens (primary N) is 1. The van der Waals surface area contributed by atoms with Gasteiger partial charge in [-0.3, -0.25) is 0 Å². The van der Waals surface area contributed by atoms with E-state index in [4.69, 9.17) is 15.2 Å². The van der Waals surface area contributed by atoms with Crippen molar-refractivity contribution in [3.63, 3.8) is 0 Å². The van der Waals surface area contributed by atoms with E-state index in [-0.39, 0.29) is 0 Å². The van der Waals surface area contributed by atoms with Gasteiger partial charge < -0.3 is 15.2 Å². The molecule has 0 fully saturated rings. The van der Waals surface area contributed by atoms with Crippen molar-refractivity contribution in [1.29, 1.82) is 0 Å². The van der Waals surface area contributed by atoms with Crippen LogP contribution in [0.15, 0.2) is 47.6 Å². The molecule has 0 aliphatic heterocycles. The van der Waals surface area contributed by atoms with Gasteiger partial charge in [-0.05, 0) is 36.2 Å². The second kappa shape index (κ2) is 7.84. The summed E-state index contributed by atoms with van der Waals surface area (Å²) < 4.78 is 11.1. The standard InChI is InChI=1S/C17H19N3O3/c1-12-3-5-13(6-4-12)11-23-15-8-7-14(9-16(15)22-2)10-19-20-17(18)21/h3-10H,11H2,1-2H3,(H3,18,20,21)/b19-10-. The summed E-state index contributed by atoms with van der Waals surface area (Å²) in [5.41, 5.74) is 10.1. The molecule has 0 aliphatic carbocycles. The van der Waals surface area contributed by atoms with E-state index in [9.17, 15) is 4.79 Å². The maximum absolute atomic E-state index is 10.6. The van der Waals surface area contributed by atoms with Crippen molar-refractivity contribution in [1.82, 2.24) is 5.43 Å². The molecular weight excluding hydrogens is 294 g/mol. The monoisotopic (exact) mass is 313 g/mol. The van der Waals surface area contributed by atoms with Crippen LogP contribution in [-0.2, 0) is 6.61 Å². The van der Waals surface area contributed by atoms with Gasteiger partial charge in [0.05, 0.1) is 13.3 Å². The number of methoxy groups -OCH3 is 1. The van der Waals surface area contributed by atoms with Crippen LogP contribution in [0.3, 0.4) is 0 Å². The van der Waals surface area contributed by atoms with Crippen LogP contribution in [0.1, 0.15) is 16.7 Å². The second-order valence-electron chi connectivity index (χ2n) is 4.92. The van der Waals surface area contributed by atoms with Gasteiger partial charge in [-0.2, -0.15) is 5.10 Å². The van der Waals surface area contributed by atoms with Gasteiger partial charge in [0.1, 0.15) is 6.61 Å². The fraction of sp³-hybridized carbons (Fsp3) is 0.176. The fourth-order valence-electron chi connectivity index (χ4n) is 1.90. The van der Waals surface area contributed by atoms with Crippen molar-refractivity contribution in [2.45, 2.75) is 13.5 Å². The summed E-state index contributed by atoms with van der Waals surface area (Å²) in [6, 6.07) is 12.8. The molecule has 2 aromatic rings. The van der Waals surface area contributed by atoms with Crippen molar-refractivity contribution >= 4 is 12.2 Å². The second-order valence-corrected chi connectivity index (χ2v) is 4.92. The Bertz CT molecular complexity index is 697. The molecule has 0 bridgehead atoms. The van der Waals surface area contributed by atoms with E-state index >= 15 is 0 Å². The number of carbonyl (C=O) groups is 1. The first-order valence-corrected chi connectivity index (χ1v) is 7.03. The average molecular weight is 313 g/mol. The van der Waals surface area contributed by atoms with Gasteiger partial charge in [0.15, 0.2) is 11.5 Å². The fourth-order valence-corrected chi connectivity index (χ4v) is 1.90. The minimum atomic E-state index is -0.716. The highest BCUT2D eigenvalue weighted by Crippen LogP contribution is 2.28. The molecule has 23 heavy (non-hydrogen) atoms. The maximum atomic E-state index is 10.6. The quantitative estimate of drug-likeness (QED) is 0.635. The van der Waals surface area contributed by atoms with Crippen molar-refractivity contribution in [2.75, 3.05) is 7.11 Å². The SMILES string of the molecule is COc1cc(/C=N\NC(N)=O)ccc1OCc1ccc(C)cc1. The molecule has 0 aromatic heterocycles. The molecule has 0 atom stereocenters. The Morgan fingerprint density at radius 2 is 1.96 bits per heavy atom. The number of amides is 2. The molecule has 0 unspecified atom stereocenters. The molecule has 3 N–H and O–H groups in total. The topological polar surface area (TPSA) is 85.9 Å². The maximum Gasteiger partial charge on any atom is 0.332 e.